The molecule has 1 saturated heterocycles. The van der Waals surface area contributed by atoms with Gasteiger partial charge < -0.3 is 10.2 Å². The third kappa shape index (κ3) is 3.94. The number of benzene rings is 3. The van der Waals surface area contributed by atoms with Gasteiger partial charge in [-0.3, -0.25) is 0 Å². The molecule has 0 spiro atoms. The van der Waals surface area contributed by atoms with Crippen LogP contribution < -0.4 is 10.2 Å². The highest BCUT2D eigenvalue weighted by Gasteiger charge is 2.21. The first-order valence-electron chi connectivity index (χ1n) is 10.1. The van der Waals surface area contributed by atoms with Crippen molar-refractivity contribution >= 4 is 39.0 Å². The first-order chi connectivity index (χ1) is 14.6. The summed E-state index contributed by atoms with van der Waals surface area (Å²) >= 11 is 0. The molecule has 160 valence electrons. The average molecular weight is 454 g/mol. The van der Waals surface area contributed by atoms with Crippen molar-refractivity contribution < 1.29 is 8.42 Å². The molecule has 0 amide bonds. The van der Waals surface area contributed by atoms with Crippen molar-refractivity contribution in [2.45, 2.75) is 4.90 Å². The van der Waals surface area contributed by atoms with Crippen LogP contribution in [0.1, 0.15) is 0 Å². The Hall–Kier alpha value is -2.80. The van der Waals surface area contributed by atoms with Gasteiger partial charge in [-0.15, -0.1) is 12.4 Å². The van der Waals surface area contributed by atoms with Gasteiger partial charge in [0.15, 0.2) is 0 Å². The van der Waals surface area contributed by atoms with Gasteiger partial charge in [0.25, 0.3) is 10.0 Å². The lowest BCUT2D eigenvalue weighted by molar-refractivity contribution is 0.588. The number of piperazine rings is 1. The number of nitrogens with one attached hydrogen (secondary N) is 1. The van der Waals surface area contributed by atoms with Crippen LogP contribution in [0.25, 0.3) is 22.0 Å². The Morgan fingerprint density at radius 1 is 0.742 bits per heavy atom. The number of aromatic nitrogens is 1. The van der Waals surface area contributed by atoms with Crippen LogP contribution in [0.5, 0.6) is 0 Å². The molecule has 3 aromatic carbocycles. The zero-order valence-electron chi connectivity index (χ0n) is 16.9. The van der Waals surface area contributed by atoms with E-state index in [4.69, 9.17) is 0 Å². The van der Waals surface area contributed by atoms with E-state index in [0.29, 0.717) is 5.52 Å². The molecule has 0 unspecified atom stereocenters. The van der Waals surface area contributed by atoms with Crippen molar-refractivity contribution in [3.8, 4) is 11.1 Å². The highest BCUT2D eigenvalue weighted by molar-refractivity contribution is 7.90. The zero-order valence-corrected chi connectivity index (χ0v) is 18.6. The minimum Gasteiger partial charge on any atom is -0.368 e. The van der Waals surface area contributed by atoms with E-state index in [-0.39, 0.29) is 17.3 Å². The summed E-state index contributed by atoms with van der Waals surface area (Å²) in [4.78, 5) is 2.59. The van der Waals surface area contributed by atoms with Crippen LogP contribution in [0.2, 0.25) is 0 Å². The summed E-state index contributed by atoms with van der Waals surface area (Å²) in [5, 5.41) is 4.32. The Morgan fingerprint density at radius 3 is 2.13 bits per heavy atom. The zero-order chi connectivity index (χ0) is 20.6. The quantitative estimate of drug-likeness (QED) is 0.498. The predicted molar refractivity (Wildman–Crippen MR) is 129 cm³/mol. The van der Waals surface area contributed by atoms with Crippen molar-refractivity contribution in [1.82, 2.24) is 9.29 Å². The number of rotatable bonds is 4. The van der Waals surface area contributed by atoms with E-state index in [9.17, 15) is 8.42 Å². The Labute approximate surface area is 188 Å². The van der Waals surface area contributed by atoms with E-state index in [0.717, 1.165) is 48.4 Å². The Balaban J connectivity index is 0.00000231. The van der Waals surface area contributed by atoms with E-state index < -0.39 is 10.0 Å². The van der Waals surface area contributed by atoms with E-state index in [1.807, 2.05) is 60.7 Å². The second-order valence-corrected chi connectivity index (χ2v) is 9.27. The standard InChI is InChI=1S/C24H23N3O2S.ClH/c28-30(29,21-11-9-20(10-12-21)19-5-2-1-3-6-19)27-16-13-22-23(7-4-8-24(22)27)26-17-14-25-15-18-26;/h1-13,16,25H,14-15,17-18H2;1H. The Kier molecular flexibility index (Phi) is 6.05. The molecule has 2 heterocycles. The maximum Gasteiger partial charge on any atom is 0.268 e. The topological polar surface area (TPSA) is 54.3 Å². The second kappa shape index (κ2) is 8.75. The van der Waals surface area contributed by atoms with Gasteiger partial charge in [-0.05, 0) is 41.5 Å². The van der Waals surface area contributed by atoms with Gasteiger partial charge in [0.2, 0.25) is 0 Å². The molecule has 4 aromatic rings. The average Bonchev–Trinajstić information content (AvgIpc) is 3.26. The van der Waals surface area contributed by atoms with Crippen molar-refractivity contribution in [1.29, 1.82) is 0 Å². The van der Waals surface area contributed by atoms with Crippen LogP contribution in [0, 0.1) is 0 Å². The summed E-state index contributed by atoms with van der Waals surface area (Å²) in [6, 6.07) is 24.8. The SMILES string of the molecule is Cl.O=S(=O)(c1ccc(-c2ccccc2)cc1)n1ccc2c(N3CCNCC3)cccc21. The number of anilines is 1. The van der Waals surface area contributed by atoms with Gasteiger partial charge in [0, 0.05) is 43.4 Å². The number of hydrogen-bond donors (Lipinski definition) is 1. The minimum atomic E-state index is -3.68. The second-order valence-electron chi connectivity index (χ2n) is 7.45. The van der Waals surface area contributed by atoms with Crippen LogP contribution in [-0.4, -0.2) is 38.6 Å². The van der Waals surface area contributed by atoms with Crippen LogP contribution in [0.4, 0.5) is 5.69 Å². The minimum absolute atomic E-state index is 0. The molecule has 1 N–H and O–H groups in total. The van der Waals surface area contributed by atoms with Gasteiger partial charge in [0.1, 0.15) is 0 Å². The highest BCUT2D eigenvalue weighted by Crippen LogP contribution is 2.31. The third-order valence-electron chi connectivity index (χ3n) is 5.65. The van der Waals surface area contributed by atoms with Crippen molar-refractivity contribution in [3.63, 3.8) is 0 Å². The van der Waals surface area contributed by atoms with E-state index >= 15 is 0 Å². The molecule has 5 nitrogen and oxygen atoms in total. The van der Waals surface area contributed by atoms with Crippen molar-refractivity contribution in [2.75, 3.05) is 31.1 Å². The number of hydrogen-bond acceptors (Lipinski definition) is 4. The Bertz CT molecular complexity index is 1280. The fourth-order valence-electron chi connectivity index (χ4n) is 4.08. The lowest BCUT2D eigenvalue weighted by Crippen LogP contribution is -2.43. The summed E-state index contributed by atoms with van der Waals surface area (Å²) in [7, 11) is -3.68. The largest absolute Gasteiger partial charge is 0.368 e. The van der Waals surface area contributed by atoms with Gasteiger partial charge in [-0.2, -0.15) is 0 Å². The van der Waals surface area contributed by atoms with Gasteiger partial charge in [-0.1, -0.05) is 48.5 Å². The van der Waals surface area contributed by atoms with Gasteiger partial charge in [0.05, 0.1) is 10.4 Å². The summed E-state index contributed by atoms with van der Waals surface area (Å²) in [5.74, 6) is 0. The summed E-state index contributed by atoms with van der Waals surface area (Å²) in [5.41, 5.74) is 3.85. The smallest absolute Gasteiger partial charge is 0.268 e. The molecule has 1 fully saturated rings. The molecule has 0 saturated carbocycles. The fraction of sp³-hybridized carbons (Fsp3) is 0.167. The van der Waals surface area contributed by atoms with Crippen LogP contribution in [0.3, 0.4) is 0 Å². The third-order valence-corrected chi connectivity index (χ3v) is 7.35. The molecule has 31 heavy (non-hydrogen) atoms. The molecule has 0 atom stereocenters. The van der Waals surface area contributed by atoms with Crippen LogP contribution in [-0.2, 0) is 10.0 Å². The predicted octanol–water partition coefficient (Wildman–Crippen LogP) is 4.38. The first-order valence-corrected chi connectivity index (χ1v) is 11.6. The fourth-order valence-corrected chi connectivity index (χ4v) is 5.43. The molecule has 0 bridgehead atoms. The number of nitrogens with zero attached hydrogens (tertiary/aromatic N) is 2. The molecular formula is C24H24ClN3O2S. The molecule has 0 radical (unpaired) electrons. The summed E-state index contributed by atoms with van der Waals surface area (Å²) in [6.07, 6.45) is 1.66. The first kappa shape index (κ1) is 21.4. The van der Waals surface area contributed by atoms with Crippen LogP contribution >= 0.6 is 12.4 Å². The van der Waals surface area contributed by atoms with E-state index in [1.54, 1.807) is 18.3 Å². The molecule has 1 aliphatic heterocycles. The van der Waals surface area contributed by atoms with Crippen LogP contribution in [0.15, 0.2) is 90.0 Å². The summed E-state index contributed by atoms with van der Waals surface area (Å²) < 4.78 is 28.2. The molecule has 1 aromatic heterocycles. The van der Waals surface area contributed by atoms with Crippen molar-refractivity contribution in [3.05, 3.63) is 85.1 Å². The maximum atomic E-state index is 13.4. The number of fused-ring (bicyclic) bond motifs is 1. The molecule has 7 heteroatoms. The van der Waals surface area contributed by atoms with Gasteiger partial charge >= 0.3 is 0 Å². The molecular weight excluding hydrogens is 430 g/mol. The van der Waals surface area contributed by atoms with E-state index in [1.165, 1.54) is 3.97 Å². The monoisotopic (exact) mass is 453 g/mol. The maximum absolute atomic E-state index is 13.4. The Morgan fingerprint density at radius 2 is 1.42 bits per heavy atom. The summed E-state index contributed by atoms with van der Waals surface area (Å²) in [6.45, 7) is 3.70. The lowest BCUT2D eigenvalue weighted by atomic mass is 10.1. The molecule has 1 aliphatic rings. The van der Waals surface area contributed by atoms with E-state index in [2.05, 4.69) is 16.3 Å². The molecule has 0 aliphatic carbocycles. The van der Waals surface area contributed by atoms with Gasteiger partial charge in [-0.25, -0.2) is 12.4 Å². The lowest BCUT2D eigenvalue weighted by Gasteiger charge is -2.30. The highest BCUT2D eigenvalue weighted by atomic mass is 35.5. The van der Waals surface area contributed by atoms with Crippen molar-refractivity contribution in [2.24, 2.45) is 0 Å². The normalized spacial score (nSPS) is 14.4. The molecule has 5 rings (SSSR count). The number of halogens is 1.